The zero-order chi connectivity index (χ0) is 21.9. The van der Waals surface area contributed by atoms with Crippen molar-refractivity contribution in [1.82, 2.24) is 19.9 Å². The summed E-state index contributed by atoms with van der Waals surface area (Å²) in [5.74, 6) is 0. The fourth-order valence-corrected chi connectivity index (χ4v) is 2.06. The molecule has 2 N–H and O–H groups in total. The van der Waals surface area contributed by atoms with E-state index in [0.29, 0.717) is 0 Å². The minimum absolute atomic E-state index is 0.750. The highest BCUT2D eigenvalue weighted by Gasteiger charge is 1.96. The predicted octanol–water partition coefficient (Wildman–Crippen LogP) is 4.09. The lowest BCUT2D eigenvalue weighted by Gasteiger charge is -1.96. The van der Waals surface area contributed by atoms with Gasteiger partial charge in [0.1, 0.15) is 0 Å². The number of rotatable bonds is 2. The van der Waals surface area contributed by atoms with Crippen LogP contribution in [0, 0.1) is 10.8 Å². The first-order valence-electron chi connectivity index (χ1n) is 8.49. The third kappa shape index (κ3) is 9.34. The number of nitrogens with one attached hydrogen (secondary N) is 2. The van der Waals surface area contributed by atoms with E-state index in [1.165, 1.54) is 0 Å². The number of hydrogen-bond acceptors (Lipinski definition) is 8. The summed E-state index contributed by atoms with van der Waals surface area (Å²) in [4.78, 5) is 33.4. The van der Waals surface area contributed by atoms with Gasteiger partial charge in [0, 0.05) is 24.8 Å². The van der Waals surface area contributed by atoms with Crippen molar-refractivity contribution in [2.24, 2.45) is 0 Å². The van der Waals surface area contributed by atoms with Crippen LogP contribution in [0.3, 0.4) is 0 Å². The molecule has 0 unspecified atom stereocenters. The van der Waals surface area contributed by atoms with Crippen LogP contribution in [0.15, 0.2) is 97.6 Å². The van der Waals surface area contributed by atoms with E-state index in [4.69, 9.17) is 20.4 Å². The van der Waals surface area contributed by atoms with Gasteiger partial charge in [-0.25, -0.2) is 20.4 Å². The van der Waals surface area contributed by atoms with Gasteiger partial charge in [-0.05, 0) is 48.5 Å². The average Bonchev–Trinajstić information content (AvgIpc) is 2.83. The highest BCUT2D eigenvalue weighted by Crippen LogP contribution is 2.11. The lowest BCUT2D eigenvalue weighted by Crippen LogP contribution is -1.83. The first kappa shape index (κ1) is 23.4. The van der Waals surface area contributed by atoms with Crippen molar-refractivity contribution in [2.45, 2.75) is 0 Å². The number of isocyanates is 2. The maximum absolute atomic E-state index is 8.35. The standard InChI is InChI=1S/2C10H8N2.2CHNO/c2*1-3-7-11-9(5-1)10-6-2-4-8-12-10;2*2-1-3/h2*1-8H;2*2H. The van der Waals surface area contributed by atoms with Gasteiger partial charge in [-0.2, -0.15) is 0 Å². The molecule has 0 amide bonds. The van der Waals surface area contributed by atoms with Crippen molar-refractivity contribution >= 4 is 12.2 Å². The van der Waals surface area contributed by atoms with Gasteiger partial charge in [0.05, 0.1) is 22.8 Å². The van der Waals surface area contributed by atoms with E-state index < -0.39 is 0 Å². The van der Waals surface area contributed by atoms with Crippen molar-refractivity contribution in [3.8, 4) is 22.8 Å². The van der Waals surface area contributed by atoms with Crippen LogP contribution in [0.25, 0.3) is 22.8 Å². The summed E-state index contributed by atoms with van der Waals surface area (Å²) in [6, 6.07) is 23.2. The minimum Gasteiger partial charge on any atom is -0.255 e. The Balaban J connectivity index is 0.000000239. The van der Waals surface area contributed by atoms with Gasteiger partial charge in [0.15, 0.2) is 0 Å². The average molecular weight is 398 g/mol. The zero-order valence-electron chi connectivity index (χ0n) is 15.8. The molecule has 0 atom stereocenters. The van der Waals surface area contributed by atoms with Crippen LogP contribution in [-0.4, -0.2) is 32.1 Å². The summed E-state index contributed by atoms with van der Waals surface area (Å²) in [7, 11) is 0. The van der Waals surface area contributed by atoms with Crippen molar-refractivity contribution in [3.63, 3.8) is 0 Å². The van der Waals surface area contributed by atoms with Crippen molar-refractivity contribution in [3.05, 3.63) is 97.6 Å². The highest BCUT2D eigenvalue weighted by atomic mass is 16.1. The quantitative estimate of drug-likeness (QED) is 0.386. The Labute approximate surface area is 173 Å². The molecule has 0 aliphatic heterocycles. The Morgan fingerprint density at radius 3 is 0.800 bits per heavy atom. The van der Waals surface area contributed by atoms with Gasteiger partial charge < -0.3 is 0 Å². The van der Waals surface area contributed by atoms with E-state index in [-0.39, 0.29) is 0 Å². The third-order valence-electron chi connectivity index (χ3n) is 3.18. The molecule has 8 nitrogen and oxygen atoms in total. The molecule has 0 aromatic carbocycles. The molecule has 0 aliphatic rings. The first-order chi connectivity index (χ1) is 14.8. The van der Waals surface area contributed by atoms with E-state index in [0.717, 1.165) is 34.9 Å². The monoisotopic (exact) mass is 398 g/mol. The normalized spacial score (nSPS) is 8.27. The summed E-state index contributed by atoms with van der Waals surface area (Å²) >= 11 is 0. The van der Waals surface area contributed by atoms with Crippen LogP contribution < -0.4 is 0 Å². The lowest BCUT2D eigenvalue weighted by molar-refractivity contribution is 0.562. The van der Waals surface area contributed by atoms with Gasteiger partial charge >= 0.3 is 0 Å². The summed E-state index contributed by atoms with van der Waals surface area (Å²) in [5.41, 5.74) is 3.66. The van der Waals surface area contributed by atoms with Crippen LogP contribution in [0.4, 0.5) is 0 Å². The topological polar surface area (TPSA) is 133 Å². The minimum atomic E-state index is 0.750. The first-order valence-corrected chi connectivity index (χ1v) is 8.49. The van der Waals surface area contributed by atoms with E-state index in [1.807, 2.05) is 72.8 Å². The molecule has 148 valence electrons. The highest BCUT2D eigenvalue weighted by molar-refractivity contribution is 5.53. The third-order valence-corrected chi connectivity index (χ3v) is 3.18. The van der Waals surface area contributed by atoms with Crippen molar-refractivity contribution in [1.29, 1.82) is 10.8 Å². The second-order valence-corrected chi connectivity index (χ2v) is 5.06. The van der Waals surface area contributed by atoms with Gasteiger partial charge in [-0.1, -0.05) is 24.3 Å². The SMILES string of the molecule is N=C=O.N=C=O.c1ccc(-c2ccccn2)nc1.c1ccc(-c2ccccn2)nc1. The summed E-state index contributed by atoms with van der Waals surface area (Å²) in [6.45, 7) is 0. The maximum Gasteiger partial charge on any atom is 0.231 e. The molecule has 4 aromatic heterocycles. The number of aromatic nitrogens is 4. The summed E-state index contributed by atoms with van der Waals surface area (Å²) in [5, 5.41) is 10.8. The number of pyridine rings is 4. The molecular formula is C22H18N6O2. The molecule has 0 bridgehead atoms. The fourth-order valence-electron chi connectivity index (χ4n) is 2.06. The molecule has 0 spiro atoms. The second-order valence-electron chi connectivity index (χ2n) is 5.06. The van der Waals surface area contributed by atoms with Crippen molar-refractivity contribution < 1.29 is 9.59 Å². The van der Waals surface area contributed by atoms with Crippen LogP contribution >= 0.6 is 0 Å². The van der Waals surface area contributed by atoms with Gasteiger partial charge in [0.2, 0.25) is 12.2 Å². The fraction of sp³-hybridized carbons (Fsp3) is 0. The largest absolute Gasteiger partial charge is 0.255 e. The molecule has 4 heterocycles. The smallest absolute Gasteiger partial charge is 0.231 e. The number of carbonyl (C=O) groups excluding carboxylic acids is 2. The molecule has 0 aliphatic carbocycles. The predicted molar refractivity (Wildman–Crippen MR) is 112 cm³/mol. The Bertz CT molecular complexity index is 856. The number of nitrogens with zero attached hydrogens (tertiary/aromatic N) is 4. The van der Waals surface area contributed by atoms with Gasteiger partial charge in [-0.15, -0.1) is 0 Å². The zero-order valence-corrected chi connectivity index (χ0v) is 15.8. The molecule has 4 rings (SSSR count). The van der Waals surface area contributed by atoms with Crippen molar-refractivity contribution in [2.75, 3.05) is 0 Å². The molecular weight excluding hydrogens is 380 g/mol. The molecule has 0 saturated heterocycles. The summed E-state index contributed by atoms with van der Waals surface area (Å²) < 4.78 is 0. The van der Waals surface area contributed by atoms with Gasteiger partial charge in [0.25, 0.3) is 0 Å². The summed E-state index contributed by atoms with van der Waals surface area (Å²) in [6.07, 6.45) is 8.57. The van der Waals surface area contributed by atoms with E-state index in [2.05, 4.69) is 19.9 Å². The second kappa shape index (κ2) is 15.4. The van der Waals surface area contributed by atoms with Crippen LogP contribution in [0.5, 0.6) is 0 Å². The maximum atomic E-state index is 8.35. The Kier molecular flexibility index (Phi) is 12.0. The molecule has 0 saturated carbocycles. The molecule has 8 heteroatoms. The van der Waals surface area contributed by atoms with E-state index in [9.17, 15) is 0 Å². The van der Waals surface area contributed by atoms with Gasteiger partial charge in [-0.3, -0.25) is 19.9 Å². The molecule has 0 radical (unpaired) electrons. The van der Waals surface area contributed by atoms with E-state index in [1.54, 1.807) is 24.8 Å². The van der Waals surface area contributed by atoms with Crippen LogP contribution in [0.2, 0.25) is 0 Å². The Morgan fingerprint density at radius 1 is 0.467 bits per heavy atom. The van der Waals surface area contributed by atoms with Crippen LogP contribution in [0.1, 0.15) is 0 Å². The molecule has 4 aromatic rings. The van der Waals surface area contributed by atoms with E-state index >= 15 is 0 Å². The Morgan fingerprint density at radius 2 is 0.667 bits per heavy atom. The number of hydrogen-bond donors (Lipinski definition) is 2. The Hall–Kier alpha value is -4.64. The molecule has 0 fully saturated rings. The lowest BCUT2D eigenvalue weighted by atomic mass is 10.2. The van der Waals surface area contributed by atoms with Crippen LogP contribution in [-0.2, 0) is 9.59 Å². The molecule has 30 heavy (non-hydrogen) atoms.